The molecule has 0 aromatic heterocycles. The molecule has 0 amide bonds. The molecule has 0 bridgehead atoms. The van der Waals surface area contributed by atoms with Crippen molar-refractivity contribution in [2.75, 3.05) is 26.2 Å². The molecule has 0 aliphatic carbocycles. The Morgan fingerprint density at radius 2 is 2.12 bits per heavy atom. The van der Waals surface area contributed by atoms with E-state index in [0.717, 1.165) is 39.1 Å². The zero-order valence-corrected chi connectivity index (χ0v) is 12.0. The van der Waals surface area contributed by atoms with E-state index in [1.165, 1.54) is 6.42 Å². The number of nitrogens with zero attached hydrogens (tertiary/aromatic N) is 1. The van der Waals surface area contributed by atoms with Gasteiger partial charge in [-0.15, -0.1) is 0 Å². The SMILES string of the molecule is CCCN(CC)C1(CN)CCOC(C(C)C)C1. The monoisotopic (exact) mass is 242 g/mol. The third-order valence-corrected chi connectivity index (χ3v) is 4.15. The summed E-state index contributed by atoms with van der Waals surface area (Å²) < 4.78 is 5.89. The van der Waals surface area contributed by atoms with Crippen LogP contribution in [0.15, 0.2) is 0 Å². The van der Waals surface area contributed by atoms with Gasteiger partial charge < -0.3 is 10.5 Å². The summed E-state index contributed by atoms with van der Waals surface area (Å²) in [6.45, 7) is 12.8. The summed E-state index contributed by atoms with van der Waals surface area (Å²) in [6, 6.07) is 0. The highest BCUT2D eigenvalue weighted by atomic mass is 16.5. The van der Waals surface area contributed by atoms with Crippen molar-refractivity contribution in [3.8, 4) is 0 Å². The Kier molecular flexibility index (Phi) is 5.90. The lowest BCUT2D eigenvalue weighted by Crippen LogP contribution is -2.59. The summed E-state index contributed by atoms with van der Waals surface area (Å²) in [5.41, 5.74) is 6.29. The maximum Gasteiger partial charge on any atom is 0.0616 e. The van der Waals surface area contributed by atoms with Crippen LogP contribution in [0.1, 0.15) is 47.0 Å². The van der Waals surface area contributed by atoms with E-state index in [0.29, 0.717) is 12.0 Å². The van der Waals surface area contributed by atoms with Crippen LogP contribution in [0.2, 0.25) is 0 Å². The third kappa shape index (κ3) is 3.43. The normalized spacial score (nSPS) is 30.2. The van der Waals surface area contributed by atoms with Gasteiger partial charge in [-0.2, -0.15) is 0 Å². The van der Waals surface area contributed by atoms with Crippen LogP contribution in [0, 0.1) is 5.92 Å². The molecule has 0 aromatic carbocycles. The van der Waals surface area contributed by atoms with Crippen LogP contribution in [0.3, 0.4) is 0 Å². The van der Waals surface area contributed by atoms with E-state index in [4.69, 9.17) is 10.5 Å². The minimum atomic E-state index is 0.179. The second-order valence-corrected chi connectivity index (χ2v) is 5.62. The summed E-state index contributed by atoms with van der Waals surface area (Å²) in [5, 5.41) is 0. The Morgan fingerprint density at radius 1 is 1.41 bits per heavy atom. The standard InChI is InChI=1S/C14H30N2O/c1-5-8-16(6-2)14(11-15)7-9-17-13(10-14)12(3)4/h12-13H,5-11,15H2,1-4H3. The predicted molar refractivity (Wildman–Crippen MR) is 73.1 cm³/mol. The summed E-state index contributed by atoms with van der Waals surface area (Å²) in [5.74, 6) is 0.585. The smallest absolute Gasteiger partial charge is 0.0616 e. The molecule has 1 fully saturated rings. The van der Waals surface area contributed by atoms with Crippen LogP contribution in [0.4, 0.5) is 0 Å². The Balaban J connectivity index is 2.78. The van der Waals surface area contributed by atoms with E-state index in [1.54, 1.807) is 0 Å². The van der Waals surface area contributed by atoms with E-state index < -0.39 is 0 Å². The average molecular weight is 242 g/mol. The van der Waals surface area contributed by atoms with E-state index in [-0.39, 0.29) is 5.54 Å². The maximum absolute atomic E-state index is 6.11. The molecule has 2 unspecified atom stereocenters. The lowest BCUT2D eigenvalue weighted by Gasteiger charge is -2.48. The Morgan fingerprint density at radius 3 is 2.59 bits per heavy atom. The molecule has 0 saturated carbocycles. The van der Waals surface area contributed by atoms with E-state index in [9.17, 15) is 0 Å². The van der Waals surface area contributed by atoms with Crippen molar-refractivity contribution in [1.29, 1.82) is 0 Å². The quantitative estimate of drug-likeness (QED) is 0.776. The molecule has 17 heavy (non-hydrogen) atoms. The fourth-order valence-electron chi connectivity index (χ4n) is 2.97. The minimum Gasteiger partial charge on any atom is -0.378 e. The number of hydrogen-bond acceptors (Lipinski definition) is 3. The first-order chi connectivity index (χ1) is 8.09. The number of hydrogen-bond donors (Lipinski definition) is 1. The highest BCUT2D eigenvalue weighted by molar-refractivity contribution is 4.96. The molecule has 0 radical (unpaired) electrons. The van der Waals surface area contributed by atoms with Crippen molar-refractivity contribution >= 4 is 0 Å². The van der Waals surface area contributed by atoms with Gasteiger partial charge in [0.2, 0.25) is 0 Å². The summed E-state index contributed by atoms with van der Waals surface area (Å²) in [7, 11) is 0. The van der Waals surface area contributed by atoms with Gasteiger partial charge in [0.25, 0.3) is 0 Å². The molecule has 0 spiro atoms. The number of ether oxygens (including phenoxy) is 1. The van der Waals surface area contributed by atoms with Gasteiger partial charge in [0.05, 0.1) is 6.10 Å². The molecule has 3 nitrogen and oxygen atoms in total. The fraction of sp³-hybridized carbons (Fsp3) is 1.00. The van der Waals surface area contributed by atoms with Crippen LogP contribution in [0.5, 0.6) is 0 Å². The molecule has 1 aliphatic rings. The molecule has 2 atom stereocenters. The van der Waals surface area contributed by atoms with Crippen molar-refractivity contribution < 1.29 is 4.74 Å². The first kappa shape index (κ1) is 14.9. The van der Waals surface area contributed by atoms with Gasteiger partial charge in [0.15, 0.2) is 0 Å². The third-order valence-electron chi connectivity index (χ3n) is 4.15. The second-order valence-electron chi connectivity index (χ2n) is 5.62. The minimum absolute atomic E-state index is 0.179. The summed E-state index contributed by atoms with van der Waals surface area (Å²) in [6.07, 6.45) is 3.75. The zero-order chi connectivity index (χ0) is 12.9. The van der Waals surface area contributed by atoms with Crippen molar-refractivity contribution in [3.05, 3.63) is 0 Å². The molecular weight excluding hydrogens is 212 g/mol. The van der Waals surface area contributed by atoms with Gasteiger partial charge in [0.1, 0.15) is 0 Å². The zero-order valence-electron chi connectivity index (χ0n) is 12.0. The van der Waals surface area contributed by atoms with Crippen molar-refractivity contribution in [2.45, 2.75) is 58.6 Å². The first-order valence-corrected chi connectivity index (χ1v) is 7.16. The first-order valence-electron chi connectivity index (χ1n) is 7.16. The number of rotatable bonds is 6. The molecule has 1 rings (SSSR count). The molecule has 1 heterocycles. The lowest BCUT2D eigenvalue weighted by atomic mass is 9.81. The lowest BCUT2D eigenvalue weighted by molar-refractivity contribution is -0.0864. The Hall–Kier alpha value is -0.120. The molecule has 102 valence electrons. The Labute approximate surface area is 107 Å². The van der Waals surface area contributed by atoms with E-state index in [2.05, 4.69) is 32.6 Å². The van der Waals surface area contributed by atoms with Crippen molar-refractivity contribution in [3.63, 3.8) is 0 Å². The average Bonchev–Trinajstić information content (AvgIpc) is 2.35. The van der Waals surface area contributed by atoms with Crippen LogP contribution in [0.25, 0.3) is 0 Å². The number of likely N-dealkylation sites (N-methyl/N-ethyl adjacent to an activating group) is 1. The van der Waals surface area contributed by atoms with E-state index >= 15 is 0 Å². The van der Waals surface area contributed by atoms with Crippen LogP contribution >= 0.6 is 0 Å². The largest absolute Gasteiger partial charge is 0.378 e. The van der Waals surface area contributed by atoms with Gasteiger partial charge in [-0.25, -0.2) is 0 Å². The van der Waals surface area contributed by atoms with Crippen LogP contribution < -0.4 is 5.73 Å². The topological polar surface area (TPSA) is 38.5 Å². The Bertz CT molecular complexity index is 220. The summed E-state index contributed by atoms with van der Waals surface area (Å²) >= 11 is 0. The van der Waals surface area contributed by atoms with Crippen LogP contribution in [-0.2, 0) is 4.74 Å². The van der Waals surface area contributed by atoms with Crippen molar-refractivity contribution in [2.24, 2.45) is 11.7 Å². The highest BCUT2D eigenvalue weighted by Crippen LogP contribution is 2.33. The molecule has 3 heteroatoms. The number of nitrogens with two attached hydrogens (primary N) is 1. The van der Waals surface area contributed by atoms with Gasteiger partial charge in [-0.3, -0.25) is 4.90 Å². The summed E-state index contributed by atoms with van der Waals surface area (Å²) in [4.78, 5) is 2.57. The molecule has 0 aromatic rings. The maximum atomic E-state index is 6.11. The second kappa shape index (κ2) is 6.72. The van der Waals surface area contributed by atoms with Crippen LogP contribution in [-0.4, -0.2) is 42.8 Å². The molecule has 1 saturated heterocycles. The fourth-order valence-corrected chi connectivity index (χ4v) is 2.97. The van der Waals surface area contributed by atoms with Gasteiger partial charge in [-0.1, -0.05) is 27.7 Å². The molecule has 1 aliphatic heterocycles. The van der Waals surface area contributed by atoms with Crippen molar-refractivity contribution in [1.82, 2.24) is 4.90 Å². The predicted octanol–water partition coefficient (Wildman–Crippen LogP) is 2.25. The van der Waals surface area contributed by atoms with E-state index in [1.807, 2.05) is 0 Å². The molecular formula is C14H30N2O. The van der Waals surface area contributed by atoms with Gasteiger partial charge in [-0.05, 0) is 38.3 Å². The van der Waals surface area contributed by atoms with Gasteiger partial charge >= 0.3 is 0 Å². The highest BCUT2D eigenvalue weighted by Gasteiger charge is 2.40. The molecule has 2 N–H and O–H groups in total. The van der Waals surface area contributed by atoms with Gasteiger partial charge in [0, 0.05) is 18.7 Å².